The van der Waals surface area contributed by atoms with Gasteiger partial charge in [-0.15, -0.1) is 10.2 Å². The molecular weight excluding hydrogens is 436 g/mol. The van der Waals surface area contributed by atoms with Gasteiger partial charge in [-0.05, 0) is 43.1 Å². The van der Waals surface area contributed by atoms with Gasteiger partial charge in [0.05, 0.1) is 4.90 Å². The molecule has 4 rings (SSSR count). The number of hydrogen-bond acceptors (Lipinski definition) is 7. The third kappa shape index (κ3) is 4.52. The first-order chi connectivity index (χ1) is 15.4. The number of aliphatic hydroxyl groups excluding tert-OH is 1. The van der Waals surface area contributed by atoms with E-state index in [1.807, 2.05) is 18.2 Å². The Bertz CT molecular complexity index is 1120. The molecule has 7 nitrogen and oxygen atoms in total. The quantitative estimate of drug-likeness (QED) is 0.568. The van der Waals surface area contributed by atoms with Crippen LogP contribution < -0.4 is 4.90 Å². The minimum atomic E-state index is -0.895. The molecule has 1 aliphatic heterocycles. The fraction of sp³-hybridized carbons (Fsp3) is 0.318. The second kappa shape index (κ2) is 9.35. The Morgan fingerprint density at radius 3 is 2.41 bits per heavy atom. The molecule has 32 heavy (non-hydrogen) atoms. The first kappa shape index (κ1) is 22.4. The molecule has 1 aliphatic rings. The van der Waals surface area contributed by atoms with Gasteiger partial charge in [0.2, 0.25) is 0 Å². The molecule has 1 fully saturated rings. The van der Waals surface area contributed by atoms with Crippen LogP contribution in [0.25, 0.3) is 11.4 Å². The summed E-state index contributed by atoms with van der Waals surface area (Å²) in [5.74, 6) is -1.96. The molecule has 3 aromatic rings. The van der Waals surface area contributed by atoms with Crippen LogP contribution in [0.3, 0.4) is 0 Å². The molecule has 0 radical (unpaired) electrons. The first-order valence-electron chi connectivity index (χ1n) is 10.1. The number of aromatic nitrogens is 3. The SMILES string of the molecule is CN1CCN(c2cccc(-c3nnc(Sc4c(F)cc(C(=O)CO)cc4F)n3C)c2)CC1. The second-order valence-electron chi connectivity index (χ2n) is 7.66. The van der Waals surface area contributed by atoms with Crippen LogP contribution in [0.15, 0.2) is 46.5 Å². The van der Waals surface area contributed by atoms with E-state index in [2.05, 4.69) is 33.1 Å². The number of anilines is 1. The van der Waals surface area contributed by atoms with Gasteiger partial charge in [0.15, 0.2) is 16.8 Å². The van der Waals surface area contributed by atoms with E-state index in [1.54, 1.807) is 11.6 Å². The Morgan fingerprint density at radius 1 is 1.06 bits per heavy atom. The van der Waals surface area contributed by atoms with Crippen LogP contribution in [0, 0.1) is 11.6 Å². The van der Waals surface area contributed by atoms with Crippen LogP contribution in [0.2, 0.25) is 0 Å². The second-order valence-corrected chi connectivity index (χ2v) is 8.64. The van der Waals surface area contributed by atoms with Crippen LogP contribution in [0.1, 0.15) is 10.4 Å². The van der Waals surface area contributed by atoms with Crippen molar-refractivity contribution in [3.05, 3.63) is 53.6 Å². The van der Waals surface area contributed by atoms with Gasteiger partial charge in [-0.25, -0.2) is 8.78 Å². The van der Waals surface area contributed by atoms with Crippen molar-refractivity contribution in [3.8, 4) is 11.4 Å². The maximum Gasteiger partial charge on any atom is 0.196 e. The minimum Gasteiger partial charge on any atom is -0.388 e. The smallest absolute Gasteiger partial charge is 0.196 e. The molecule has 0 amide bonds. The van der Waals surface area contributed by atoms with Crippen LogP contribution in [0.4, 0.5) is 14.5 Å². The van der Waals surface area contributed by atoms with Gasteiger partial charge in [0.25, 0.3) is 0 Å². The average Bonchev–Trinajstić information content (AvgIpc) is 3.16. The van der Waals surface area contributed by atoms with Gasteiger partial charge in [-0.3, -0.25) is 4.79 Å². The van der Waals surface area contributed by atoms with E-state index < -0.39 is 24.0 Å². The monoisotopic (exact) mass is 459 g/mol. The topological polar surface area (TPSA) is 74.5 Å². The molecule has 10 heteroatoms. The van der Waals surface area contributed by atoms with Crippen molar-refractivity contribution in [2.45, 2.75) is 10.1 Å². The van der Waals surface area contributed by atoms with Crippen molar-refractivity contribution in [2.75, 3.05) is 44.7 Å². The van der Waals surface area contributed by atoms with E-state index in [9.17, 15) is 13.6 Å². The zero-order valence-corrected chi connectivity index (χ0v) is 18.6. The number of likely N-dealkylation sites (N-methyl/N-ethyl adjacent to an activating group) is 1. The van der Waals surface area contributed by atoms with Gasteiger partial charge in [0, 0.05) is 50.0 Å². The summed E-state index contributed by atoms with van der Waals surface area (Å²) in [6.45, 7) is 3.05. The standard InChI is InChI=1S/C22H23F2N5O2S/c1-27-6-8-29(9-7-27)16-5-3-4-14(10-16)21-25-26-22(28(21)2)32-20-17(23)11-15(12-18(20)24)19(31)13-30/h3-5,10-12,30H,6-9,13H2,1-2H3. The lowest BCUT2D eigenvalue weighted by Crippen LogP contribution is -2.44. The number of rotatable bonds is 6. The van der Waals surface area contributed by atoms with Gasteiger partial charge in [-0.1, -0.05) is 12.1 Å². The maximum atomic E-state index is 14.5. The lowest BCUT2D eigenvalue weighted by Gasteiger charge is -2.34. The zero-order valence-electron chi connectivity index (χ0n) is 17.8. The predicted molar refractivity (Wildman–Crippen MR) is 118 cm³/mol. The number of halogens is 2. The van der Waals surface area contributed by atoms with Crippen molar-refractivity contribution >= 4 is 23.2 Å². The number of carbonyl (C=O) groups excluding carboxylic acids is 1. The lowest BCUT2D eigenvalue weighted by atomic mass is 10.1. The molecule has 0 unspecified atom stereocenters. The van der Waals surface area contributed by atoms with Crippen molar-refractivity contribution in [2.24, 2.45) is 7.05 Å². The van der Waals surface area contributed by atoms with E-state index in [1.165, 1.54) is 0 Å². The van der Waals surface area contributed by atoms with E-state index in [0.29, 0.717) is 11.0 Å². The van der Waals surface area contributed by atoms with E-state index in [0.717, 1.165) is 61.3 Å². The molecule has 1 aromatic heterocycles. The highest BCUT2D eigenvalue weighted by Gasteiger charge is 2.20. The summed E-state index contributed by atoms with van der Waals surface area (Å²) in [5, 5.41) is 17.6. The number of ketones is 1. The number of carbonyl (C=O) groups is 1. The van der Waals surface area contributed by atoms with Crippen LogP contribution in [-0.2, 0) is 7.05 Å². The largest absolute Gasteiger partial charge is 0.388 e. The van der Waals surface area contributed by atoms with E-state index in [4.69, 9.17) is 5.11 Å². The molecule has 0 saturated carbocycles. The summed E-state index contributed by atoms with van der Waals surface area (Å²) >= 11 is 0.793. The fourth-order valence-corrected chi connectivity index (χ4v) is 4.36. The molecular formula is C22H23F2N5O2S. The summed E-state index contributed by atoms with van der Waals surface area (Å²) in [4.78, 5) is 15.9. The van der Waals surface area contributed by atoms with E-state index in [-0.39, 0.29) is 10.5 Å². The molecule has 0 bridgehead atoms. The van der Waals surface area contributed by atoms with Gasteiger partial charge < -0.3 is 19.5 Å². The predicted octanol–water partition coefficient (Wildman–Crippen LogP) is 2.84. The highest BCUT2D eigenvalue weighted by molar-refractivity contribution is 7.99. The number of Topliss-reactive ketones (excluding diaryl/α,β-unsaturated/α-hetero) is 1. The lowest BCUT2D eigenvalue weighted by molar-refractivity contribution is 0.0902. The molecule has 2 aromatic carbocycles. The number of aliphatic hydroxyl groups is 1. The minimum absolute atomic E-state index is 0.216. The van der Waals surface area contributed by atoms with E-state index >= 15 is 0 Å². The molecule has 2 heterocycles. The van der Waals surface area contributed by atoms with Crippen LogP contribution >= 0.6 is 11.8 Å². The summed E-state index contributed by atoms with van der Waals surface area (Å²) in [6, 6.07) is 9.82. The third-order valence-electron chi connectivity index (χ3n) is 5.46. The highest BCUT2D eigenvalue weighted by atomic mass is 32.2. The number of benzene rings is 2. The van der Waals surface area contributed by atoms with Crippen molar-refractivity contribution in [3.63, 3.8) is 0 Å². The highest BCUT2D eigenvalue weighted by Crippen LogP contribution is 2.34. The number of piperazine rings is 1. The molecule has 1 N–H and O–H groups in total. The van der Waals surface area contributed by atoms with Crippen LogP contribution in [0.5, 0.6) is 0 Å². The summed E-state index contributed by atoms with van der Waals surface area (Å²) < 4.78 is 30.6. The number of hydrogen-bond donors (Lipinski definition) is 1. The van der Waals surface area contributed by atoms with Gasteiger partial charge in [0.1, 0.15) is 18.2 Å². The maximum absolute atomic E-state index is 14.5. The summed E-state index contributed by atoms with van der Waals surface area (Å²) in [7, 11) is 3.84. The molecule has 0 aliphatic carbocycles. The Labute approximate surface area is 188 Å². The molecule has 0 spiro atoms. The van der Waals surface area contributed by atoms with Gasteiger partial charge >= 0.3 is 0 Å². The Hall–Kier alpha value is -2.82. The normalized spacial score (nSPS) is 14.7. The Morgan fingerprint density at radius 2 is 1.75 bits per heavy atom. The molecule has 168 valence electrons. The van der Waals surface area contributed by atoms with Crippen molar-refractivity contribution in [1.82, 2.24) is 19.7 Å². The fourth-order valence-electron chi connectivity index (χ4n) is 3.56. The Kier molecular flexibility index (Phi) is 6.54. The van der Waals surface area contributed by atoms with Crippen molar-refractivity contribution in [1.29, 1.82) is 0 Å². The zero-order chi connectivity index (χ0) is 22.8. The van der Waals surface area contributed by atoms with Crippen LogP contribution in [-0.4, -0.2) is 70.4 Å². The first-order valence-corrected chi connectivity index (χ1v) is 10.9. The number of nitrogens with zero attached hydrogens (tertiary/aromatic N) is 5. The van der Waals surface area contributed by atoms with Crippen molar-refractivity contribution < 1.29 is 18.7 Å². The molecule has 0 atom stereocenters. The molecule has 1 saturated heterocycles. The summed E-state index contributed by atoms with van der Waals surface area (Å²) in [5.41, 5.74) is 1.73. The summed E-state index contributed by atoms with van der Waals surface area (Å²) in [6.07, 6.45) is 0. The third-order valence-corrected chi connectivity index (χ3v) is 6.60. The van der Waals surface area contributed by atoms with Gasteiger partial charge in [-0.2, -0.15) is 0 Å². The Balaban J connectivity index is 1.59. The average molecular weight is 460 g/mol.